The molecule has 0 saturated carbocycles. The number of benzene rings is 2. The third-order valence-electron chi connectivity index (χ3n) is 11.8. The number of allylic oxidation sites excluding steroid dienone is 2. The molecule has 2 aliphatic rings. The van der Waals surface area contributed by atoms with Crippen LogP contribution in [-0.2, 0) is 17.4 Å². The van der Waals surface area contributed by atoms with Crippen molar-refractivity contribution in [2.75, 3.05) is 0 Å². The van der Waals surface area contributed by atoms with Crippen molar-refractivity contribution in [1.82, 2.24) is 19.9 Å². The molecular formula is C48H52Cl2N4SiZr. The van der Waals surface area contributed by atoms with Crippen LogP contribution < -0.4 is 0 Å². The van der Waals surface area contributed by atoms with Crippen molar-refractivity contribution in [2.24, 2.45) is 0 Å². The maximum atomic E-state index is 4.93. The maximum absolute atomic E-state index is 4.93. The van der Waals surface area contributed by atoms with Crippen molar-refractivity contribution in [3.8, 4) is 45.0 Å². The SMILES string of the molecule is CCCCC1=Cc2c(-c3ccccn3)cc(-c3ccccn3)cc2[CH]1[Zr]([CH3])([CH3])(=[SiH2])[CH]1C(CCCC)=Cc2c(-c3ccccn3)cc(-c3ccccn3)cc21.Cl.Cl. The molecule has 4 aromatic heterocycles. The first-order valence-corrected chi connectivity index (χ1v) is 33.4. The van der Waals surface area contributed by atoms with Gasteiger partial charge >= 0.3 is 326 Å². The Morgan fingerprint density at radius 3 is 1.20 bits per heavy atom. The van der Waals surface area contributed by atoms with E-state index in [1.807, 2.05) is 49.1 Å². The molecule has 0 amide bonds. The summed E-state index contributed by atoms with van der Waals surface area (Å²) in [6, 6.07) is 34.8. The number of pyridine rings is 4. The van der Waals surface area contributed by atoms with Crippen molar-refractivity contribution >= 4 is 43.8 Å². The second-order valence-electron chi connectivity index (χ2n) is 16.4. The van der Waals surface area contributed by atoms with Crippen LogP contribution >= 0.6 is 24.8 Å². The Kier molecular flexibility index (Phi) is 13.0. The molecule has 286 valence electrons. The molecule has 4 heterocycles. The van der Waals surface area contributed by atoms with Crippen LogP contribution in [0.2, 0.25) is 9.26 Å². The molecule has 4 nitrogen and oxygen atoms in total. The second kappa shape index (κ2) is 17.4. The van der Waals surface area contributed by atoms with Gasteiger partial charge in [0.25, 0.3) is 0 Å². The van der Waals surface area contributed by atoms with E-state index in [2.05, 4.69) is 115 Å². The molecule has 0 saturated heterocycles. The molecule has 0 aliphatic heterocycles. The van der Waals surface area contributed by atoms with E-state index in [-0.39, 0.29) is 24.8 Å². The summed E-state index contributed by atoms with van der Waals surface area (Å²) >= 11 is -4.06. The fraction of sp³-hybridized carbons (Fsp3) is 0.250. The Morgan fingerprint density at radius 2 is 0.875 bits per heavy atom. The third kappa shape index (κ3) is 7.88. The molecule has 2 aliphatic carbocycles. The molecule has 0 radical (unpaired) electrons. The smallest absolute Gasteiger partial charge is 0.147 e. The number of hydrogen-bond donors (Lipinski definition) is 0. The van der Waals surface area contributed by atoms with Gasteiger partial charge in [-0.05, 0) is 0 Å². The number of nitrogens with zero attached hydrogens (tertiary/aromatic N) is 4. The summed E-state index contributed by atoms with van der Waals surface area (Å²) in [4.78, 5) is 19.6. The summed E-state index contributed by atoms with van der Waals surface area (Å²) in [7, 11) is 0. The first-order chi connectivity index (χ1) is 26.3. The van der Waals surface area contributed by atoms with Gasteiger partial charge in [0, 0.05) is 0 Å². The van der Waals surface area contributed by atoms with Gasteiger partial charge in [-0.1, -0.05) is 0 Å². The largest absolute Gasteiger partial charge is 0.147 e. The fourth-order valence-corrected chi connectivity index (χ4v) is 29.3. The Morgan fingerprint density at radius 1 is 0.518 bits per heavy atom. The first-order valence-electron chi connectivity index (χ1n) is 19.8. The van der Waals surface area contributed by atoms with E-state index in [1.54, 1.807) is 11.1 Å². The van der Waals surface area contributed by atoms with Gasteiger partial charge in [-0.2, -0.15) is 0 Å². The molecule has 6 aromatic rings. The van der Waals surface area contributed by atoms with Gasteiger partial charge in [0.05, 0.1) is 0 Å². The summed E-state index contributed by atoms with van der Waals surface area (Å²) < 4.78 is 6.30. The van der Waals surface area contributed by atoms with Gasteiger partial charge in [0.1, 0.15) is 0 Å². The topological polar surface area (TPSA) is 51.6 Å². The average Bonchev–Trinajstić information content (AvgIpc) is 3.79. The molecule has 0 spiro atoms. The molecule has 8 heteroatoms. The van der Waals surface area contributed by atoms with E-state index >= 15 is 0 Å². The minimum Gasteiger partial charge on any atom is -0.147 e. The third-order valence-corrected chi connectivity index (χ3v) is 29.3. The normalized spacial score (nSPS) is 15.9. The fourth-order valence-electron chi connectivity index (χ4n) is 9.52. The van der Waals surface area contributed by atoms with Crippen molar-refractivity contribution in [3.63, 3.8) is 0 Å². The predicted molar refractivity (Wildman–Crippen MR) is 241 cm³/mol. The van der Waals surface area contributed by atoms with Crippen molar-refractivity contribution < 1.29 is 17.4 Å². The summed E-state index contributed by atoms with van der Waals surface area (Å²) in [5.74, 6) is 0. The predicted octanol–water partition coefficient (Wildman–Crippen LogP) is 13.1. The van der Waals surface area contributed by atoms with Gasteiger partial charge in [0.15, 0.2) is 0 Å². The van der Waals surface area contributed by atoms with Crippen LogP contribution in [0.1, 0.15) is 81.9 Å². The molecule has 0 fully saturated rings. The molecular weight excluding hydrogens is 823 g/mol. The van der Waals surface area contributed by atoms with E-state index < -0.39 is 17.4 Å². The van der Waals surface area contributed by atoms with Crippen LogP contribution in [0.5, 0.6) is 0 Å². The van der Waals surface area contributed by atoms with E-state index in [1.165, 1.54) is 70.2 Å². The molecule has 8 rings (SSSR count). The Balaban J connectivity index is 0.00000266. The zero-order valence-corrected chi connectivity index (χ0v) is 38.4. The van der Waals surface area contributed by atoms with Gasteiger partial charge < -0.3 is 0 Å². The summed E-state index contributed by atoms with van der Waals surface area (Å²) in [5.41, 5.74) is 17.7. The number of rotatable bonds is 12. The van der Waals surface area contributed by atoms with Crippen molar-refractivity contribution in [3.05, 3.63) is 155 Å². The zero-order valence-electron chi connectivity index (χ0n) is 32.9. The molecule has 2 atom stereocenters. The van der Waals surface area contributed by atoms with Gasteiger partial charge in [-0.25, -0.2) is 0 Å². The number of fused-ring (bicyclic) bond motifs is 2. The minimum absolute atomic E-state index is 0. The monoisotopic (exact) mass is 872 g/mol. The van der Waals surface area contributed by atoms with E-state index in [0.29, 0.717) is 7.25 Å². The van der Waals surface area contributed by atoms with Crippen LogP contribution in [0.4, 0.5) is 0 Å². The van der Waals surface area contributed by atoms with Crippen LogP contribution in [0.3, 0.4) is 0 Å². The number of unbranched alkanes of at least 4 members (excludes halogenated alkanes) is 2. The van der Waals surface area contributed by atoms with E-state index in [0.717, 1.165) is 35.6 Å². The minimum atomic E-state index is -4.06. The van der Waals surface area contributed by atoms with Crippen LogP contribution in [0.15, 0.2) is 133 Å². The van der Waals surface area contributed by atoms with Crippen molar-refractivity contribution in [2.45, 2.75) is 68.9 Å². The molecule has 2 unspecified atom stereocenters. The zero-order chi connectivity index (χ0) is 37.3. The second-order valence-corrected chi connectivity index (χ2v) is 46.8. The number of aromatic nitrogens is 4. The standard InChI is InChI=1S/2C23H21N2.2CH3.2ClH.H2Si.Zr/c2*1-2-3-8-17-13-18-15-19(22-9-4-6-11-24-22)16-21(20(18)14-17)23-10-5-7-12-25-23;;;;;;/h2*4-7,9-16H,2-3,8H2,1H3;2*1H3;2*1H;1H2;. The first kappa shape index (κ1) is 41.8. The van der Waals surface area contributed by atoms with Crippen LogP contribution in [-0.4, -0.2) is 26.8 Å². The van der Waals surface area contributed by atoms with Crippen LogP contribution in [0.25, 0.3) is 57.2 Å². The van der Waals surface area contributed by atoms with Gasteiger partial charge in [-0.15, -0.1) is 24.8 Å². The van der Waals surface area contributed by atoms with E-state index in [9.17, 15) is 0 Å². The quantitative estimate of drug-likeness (QED) is 0.115. The Hall–Kier alpha value is -3.80. The van der Waals surface area contributed by atoms with Crippen LogP contribution in [0, 0.1) is 0 Å². The number of halogens is 2. The molecule has 0 bridgehead atoms. The molecule has 56 heavy (non-hydrogen) atoms. The molecule has 0 N–H and O–H groups in total. The summed E-state index contributed by atoms with van der Waals surface area (Å²) in [6.07, 6.45) is 19.8. The Bertz CT molecular complexity index is 2280. The molecule has 2 aromatic carbocycles. The van der Waals surface area contributed by atoms with E-state index in [4.69, 9.17) is 19.9 Å². The summed E-state index contributed by atoms with van der Waals surface area (Å²) in [6.45, 7) is 7.09. The average molecular weight is 875 g/mol. The van der Waals surface area contributed by atoms with Gasteiger partial charge in [0.2, 0.25) is 0 Å². The van der Waals surface area contributed by atoms with Gasteiger partial charge in [-0.3, -0.25) is 0 Å². The number of hydrogen-bond acceptors (Lipinski definition) is 4. The van der Waals surface area contributed by atoms with Crippen molar-refractivity contribution in [1.29, 1.82) is 0 Å². The Labute approximate surface area is 347 Å². The maximum Gasteiger partial charge on any atom is -0.147 e. The summed E-state index contributed by atoms with van der Waals surface area (Å²) in [5, 5.41) is 0.